The van der Waals surface area contributed by atoms with Crippen molar-refractivity contribution in [3.8, 4) is 0 Å². The number of rotatable bonds is 17. The van der Waals surface area contributed by atoms with E-state index >= 15 is 0 Å². The molecule has 0 aromatic carbocycles. The predicted molar refractivity (Wildman–Crippen MR) is 223 cm³/mol. The van der Waals surface area contributed by atoms with E-state index in [1.807, 2.05) is 18.2 Å². The molecule has 3 saturated carbocycles. The highest BCUT2D eigenvalue weighted by Crippen LogP contribution is 2.60. The van der Waals surface area contributed by atoms with Crippen molar-refractivity contribution < 1.29 is 62.1 Å². The second-order valence-corrected chi connectivity index (χ2v) is 16.6. The minimum absolute atomic E-state index is 0.00446. The predicted octanol–water partition coefficient (Wildman–Crippen LogP) is 8.06. The number of aliphatic hydroxyl groups is 1. The van der Waals surface area contributed by atoms with Gasteiger partial charge in [-0.05, 0) is 119 Å². The molecule has 9 atom stereocenters. The molecule has 338 valence electrons. The van der Waals surface area contributed by atoms with E-state index in [0.29, 0.717) is 33.0 Å². The lowest BCUT2D eigenvalue weighted by atomic mass is 9.77. The van der Waals surface area contributed by atoms with Crippen molar-refractivity contribution in [3.05, 3.63) is 38.0 Å². The van der Waals surface area contributed by atoms with Gasteiger partial charge in [-0.1, -0.05) is 18.2 Å². The van der Waals surface area contributed by atoms with Gasteiger partial charge in [0.15, 0.2) is 29.6 Å². The summed E-state index contributed by atoms with van der Waals surface area (Å²) in [6.07, 6.45) is 19.1. The van der Waals surface area contributed by atoms with Crippen LogP contribution in [0.3, 0.4) is 0 Å². The molecule has 0 aromatic rings. The number of hydrogen-bond acceptors (Lipinski definition) is 13. The third kappa shape index (κ3) is 11.2. The molecule has 6 fully saturated rings. The third-order valence-corrected chi connectivity index (χ3v) is 13.2. The number of fused-ring (bicyclic) bond motifs is 3. The van der Waals surface area contributed by atoms with Crippen molar-refractivity contribution in [2.75, 3.05) is 46.8 Å². The van der Waals surface area contributed by atoms with Crippen molar-refractivity contribution in [2.45, 2.75) is 174 Å². The highest BCUT2D eigenvalue weighted by Gasteiger charge is 2.62. The van der Waals surface area contributed by atoms with Crippen LogP contribution in [0.15, 0.2) is 38.0 Å². The average molecular weight is 837 g/mol. The Morgan fingerprint density at radius 2 is 0.881 bits per heavy atom. The van der Waals surface area contributed by atoms with Crippen molar-refractivity contribution in [3.63, 3.8) is 0 Å². The van der Waals surface area contributed by atoms with Gasteiger partial charge >= 0.3 is 17.9 Å². The van der Waals surface area contributed by atoms with Gasteiger partial charge in [0.2, 0.25) is 0 Å². The first kappa shape index (κ1) is 50.7. The third-order valence-electron chi connectivity index (χ3n) is 13.2. The van der Waals surface area contributed by atoms with Gasteiger partial charge in [-0.25, -0.2) is 14.4 Å². The average Bonchev–Trinajstić information content (AvgIpc) is 4.02. The van der Waals surface area contributed by atoms with Crippen LogP contribution in [0, 0.1) is 16.2 Å². The van der Waals surface area contributed by atoms with Gasteiger partial charge in [-0.3, -0.25) is 0 Å². The maximum absolute atomic E-state index is 11.8. The molecule has 0 radical (unpaired) electrons. The van der Waals surface area contributed by atoms with Crippen LogP contribution >= 0.6 is 0 Å². The fraction of sp³-hybridized carbons (Fsp3) is 0.804. The second kappa shape index (κ2) is 23.0. The molecular weight excluding hydrogens is 760 g/mol. The molecular formula is C46H76O13. The maximum Gasteiger partial charge on any atom is 0.335 e. The summed E-state index contributed by atoms with van der Waals surface area (Å²) in [4.78, 5) is 33.8. The minimum Gasteiger partial charge on any atom is -0.464 e. The molecule has 0 spiro atoms. The van der Waals surface area contributed by atoms with Gasteiger partial charge < -0.3 is 47.7 Å². The van der Waals surface area contributed by atoms with Gasteiger partial charge in [-0.2, -0.15) is 0 Å². The van der Waals surface area contributed by atoms with E-state index in [1.54, 1.807) is 41.7 Å². The van der Waals surface area contributed by atoms with Crippen LogP contribution in [0.5, 0.6) is 0 Å². The van der Waals surface area contributed by atoms with Crippen molar-refractivity contribution in [1.82, 2.24) is 0 Å². The smallest absolute Gasteiger partial charge is 0.335 e. The molecule has 6 aliphatic rings. The Bertz CT molecular complexity index is 1280. The monoisotopic (exact) mass is 837 g/mol. The fourth-order valence-electron chi connectivity index (χ4n) is 10.4. The molecule has 2 unspecified atom stereocenters. The van der Waals surface area contributed by atoms with E-state index in [0.717, 1.165) is 90.1 Å². The van der Waals surface area contributed by atoms with Crippen LogP contribution in [0.25, 0.3) is 0 Å². The number of ether oxygens (including phenoxy) is 9. The molecule has 3 aliphatic carbocycles. The molecule has 1 N–H and O–H groups in total. The van der Waals surface area contributed by atoms with Crippen molar-refractivity contribution in [2.24, 2.45) is 16.2 Å². The van der Waals surface area contributed by atoms with E-state index in [-0.39, 0.29) is 34.0 Å². The standard InChI is InChI=1S/2C15H24O4.C11H18O2.C5H10O3/c2*1-4-7-14-8-6-9-15(14,18-11-10-14)19-12(3)13(16)17-5-2;1-3-5-10-6-4-7-11(10,12-2)13-9-8-10;1-3-8-5(7)4(2)6/h2*4,12H,1,5-11H2,2-3H3;3H,1,4-9H2,2H3;4,6H,3H2,1-2H3/t12-,14+,15-;12-,14-,15+;;4-/m00.0/s1. The van der Waals surface area contributed by atoms with Crippen LogP contribution in [0.4, 0.5) is 0 Å². The summed E-state index contributed by atoms with van der Waals surface area (Å²) in [6.45, 7) is 25.0. The zero-order valence-electron chi connectivity index (χ0n) is 37.3. The first-order valence-electron chi connectivity index (χ1n) is 22.0. The number of hydrogen-bond donors (Lipinski definition) is 1. The summed E-state index contributed by atoms with van der Waals surface area (Å²) < 4.78 is 49.8. The van der Waals surface area contributed by atoms with Gasteiger partial charge in [0.05, 0.1) is 39.6 Å². The highest BCUT2D eigenvalue weighted by molar-refractivity contribution is 5.74. The Morgan fingerprint density at radius 1 is 0.559 bits per heavy atom. The van der Waals surface area contributed by atoms with E-state index in [4.69, 9.17) is 43.0 Å². The molecule has 13 heteroatoms. The molecule has 6 rings (SSSR count). The van der Waals surface area contributed by atoms with Crippen LogP contribution in [0.1, 0.15) is 138 Å². The molecule has 0 aromatic heterocycles. The summed E-state index contributed by atoms with van der Waals surface area (Å²) in [5.41, 5.74) is 0.231. The van der Waals surface area contributed by atoms with Crippen LogP contribution in [0.2, 0.25) is 0 Å². The lowest BCUT2D eigenvalue weighted by Gasteiger charge is -2.39. The minimum atomic E-state index is -0.991. The Hall–Kier alpha value is -2.65. The van der Waals surface area contributed by atoms with Gasteiger partial charge in [0, 0.05) is 42.6 Å². The number of esters is 3. The summed E-state index contributed by atoms with van der Waals surface area (Å²) in [6, 6.07) is 0. The van der Waals surface area contributed by atoms with Gasteiger partial charge in [0.1, 0.15) is 6.10 Å². The van der Waals surface area contributed by atoms with Gasteiger partial charge in [-0.15, -0.1) is 19.7 Å². The lowest BCUT2D eigenvalue weighted by molar-refractivity contribution is -0.266. The topological polar surface area (TPSA) is 155 Å². The van der Waals surface area contributed by atoms with Crippen molar-refractivity contribution >= 4 is 17.9 Å². The van der Waals surface area contributed by atoms with Crippen LogP contribution in [-0.2, 0) is 57.0 Å². The van der Waals surface area contributed by atoms with E-state index in [1.165, 1.54) is 19.8 Å². The summed E-state index contributed by atoms with van der Waals surface area (Å²) in [5, 5.41) is 8.48. The Labute approximate surface area is 353 Å². The number of methoxy groups -OCH3 is 1. The molecule has 3 saturated heterocycles. The van der Waals surface area contributed by atoms with E-state index in [2.05, 4.69) is 24.5 Å². The van der Waals surface area contributed by atoms with E-state index in [9.17, 15) is 14.4 Å². The number of carbonyl (C=O) groups is 3. The first-order chi connectivity index (χ1) is 28.1. The summed E-state index contributed by atoms with van der Waals surface area (Å²) in [7, 11) is 1.77. The Morgan fingerprint density at radius 3 is 1.19 bits per heavy atom. The molecule has 13 nitrogen and oxygen atoms in total. The first-order valence-corrected chi connectivity index (χ1v) is 22.0. The number of carbonyl (C=O) groups excluding carboxylic acids is 3. The largest absolute Gasteiger partial charge is 0.464 e. The Kier molecular flexibility index (Phi) is 19.7. The Balaban J connectivity index is 0.000000220. The zero-order valence-corrected chi connectivity index (χ0v) is 37.3. The van der Waals surface area contributed by atoms with E-state index < -0.39 is 35.9 Å². The number of allylic oxidation sites excluding steroid dienone is 3. The summed E-state index contributed by atoms with van der Waals surface area (Å²) in [5.74, 6) is -2.70. The molecule has 0 bridgehead atoms. The zero-order chi connectivity index (χ0) is 43.8. The van der Waals surface area contributed by atoms with Gasteiger partial charge in [0.25, 0.3) is 0 Å². The highest BCUT2D eigenvalue weighted by atomic mass is 16.7. The SMILES string of the molecule is C=CCC12CCCC1(OC)OCC2.C=CC[C@@]12CCC[C@]1(O[C@@H](C)C(=O)OCC)OCC2.C=CC[C@]12CCC[C@@]1(O[C@@H](C)C(=O)OCC)OCC2.CCOC(=O)[C@H](C)O. The molecule has 3 heterocycles. The molecule has 59 heavy (non-hydrogen) atoms. The normalized spacial score (nSPS) is 33.8. The lowest BCUT2D eigenvalue weighted by Crippen LogP contribution is -2.46. The number of aliphatic hydroxyl groups excluding tert-OH is 1. The second-order valence-electron chi connectivity index (χ2n) is 16.6. The van der Waals surface area contributed by atoms with Crippen LogP contribution in [-0.4, -0.2) is 105 Å². The van der Waals surface area contributed by atoms with Crippen molar-refractivity contribution in [1.29, 1.82) is 0 Å². The maximum atomic E-state index is 11.8. The molecule has 3 aliphatic heterocycles. The summed E-state index contributed by atoms with van der Waals surface area (Å²) >= 11 is 0. The molecule has 0 amide bonds. The fourth-order valence-corrected chi connectivity index (χ4v) is 10.4. The van der Waals surface area contributed by atoms with Crippen LogP contribution < -0.4 is 0 Å². The quantitative estimate of drug-likeness (QED) is 0.0854.